The average Bonchev–Trinajstić information content (AvgIpc) is 2.32. The Kier molecular flexibility index (Phi) is 3.56. The Morgan fingerprint density at radius 2 is 2.38 bits per heavy atom. The van der Waals surface area contributed by atoms with E-state index in [2.05, 4.69) is 22.2 Å². The van der Waals surface area contributed by atoms with Crippen molar-refractivity contribution in [2.45, 2.75) is 19.4 Å². The molecule has 1 aromatic heterocycles. The number of ether oxygens (including phenoxy) is 2. The minimum atomic E-state index is 0.188. The van der Waals surface area contributed by atoms with Crippen LogP contribution in [0.4, 0.5) is 0 Å². The van der Waals surface area contributed by atoms with Gasteiger partial charge in [-0.15, -0.1) is 0 Å². The highest BCUT2D eigenvalue weighted by molar-refractivity contribution is 5.11. The zero-order valence-corrected chi connectivity index (χ0v) is 9.64. The van der Waals surface area contributed by atoms with Crippen LogP contribution in [0.1, 0.15) is 13.3 Å². The maximum absolute atomic E-state index is 5.77. The predicted molar refractivity (Wildman–Crippen MR) is 59.7 cm³/mol. The minimum absolute atomic E-state index is 0.188. The molecule has 0 amide bonds. The number of nitrogens with one attached hydrogen (secondary N) is 1. The van der Waals surface area contributed by atoms with Crippen molar-refractivity contribution >= 4 is 0 Å². The van der Waals surface area contributed by atoms with Gasteiger partial charge >= 0.3 is 6.01 Å². The fourth-order valence-corrected chi connectivity index (χ4v) is 1.80. The van der Waals surface area contributed by atoms with E-state index in [9.17, 15) is 0 Å². The molecule has 1 aliphatic heterocycles. The van der Waals surface area contributed by atoms with Gasteiger partial charge in [-0.1, -0.05) is 6.92 Å². The Bertz CT molecular complexity index is 346. The molecule has 0 radical (unpaired) electrons. The molecule has 1 aliphatic rings. The molecule has 0 aliphatic carbocycles. The van der Waals surface area contributed by atoms with E-state index < -0.39 is 0 Å². The van der Waals surface area contributed by atoms with Gasteiger partial charge in [0.1, 0.15) is 6.10 Å². The van der Waals surface area contributed by atoms with Crippen LogP contribution in [-0.2, 0) is 0 Å². The first kappa shape index (κ1) is 11.1. The molecule has 0 bridgehead atoms. The molecular formula is C11H17N3O2. The van der Waals surface area contributed by atoms with Crippen molar-refractivity contribution in [1.82, 2.24) is 15.3 Å². The Hall–Kier alpha value is -1.36. The molecule has 2 atom stereocenters. The van der Waals surface area contributed by atoms with Crippen molar-refractivity contribution in [2.75, 3.05) is 20.2 Å². The maximum atomic E-state index is 5.77. The van der Waals surface area contributed by atoms with Crippen LogP contribution in [0.15, 0.2) is 12.3 Å². The smallest absolute Gasteiger partial charge is 0.319 e. The van der Waals surface area contributed by atoms with E-state index in [0.29, 0.717) is 17.8 Å². The number of hydrogen-bond acceptors (Lipinski definition) is 5. The van der Waals surface area contributed by atoms with E-state index in [-0.39, 0.29) is 6.10 Å². The number of rotatable bonds is 3. The fourth-order valence-electron chi connectivity index (χ4n) is 1.80. The average molecular weight is 223 g/mol. The number of nitrogens with zero attached hydrogens (tertiary/aromatic N) is 2. The lowest BCUT2D eigenvalue weighted by molar-refractivity contribution is 0.100. The maximum Gasteiger partial charge on any atom is 0.319 e. The molecule has 0 spiro atoms. The molecule has 0 unspecified atom stereocenters. The first-order chi connectivity index (χ1) is 7.79. The zero-order chi connectivity index (χ0) is 11.4. The fraction of sp³-hybridized carbons (Fsp3) is 0.636. The van der Waals surface area contributed by atoms with Crippen molar-refractivity contribution in [2.24, 2.45) is 5.92 Å². The van der Waals surface area contributed by atoms with Gasteiger partial charge in [0.15, 0.2) is 0 Å². The summed E-state index contributed by atoms with van der Waals surface area (Å²) in [6.45, 7) is 4.13. The van der Waals surface area contributed by atoms with Crippen LogP contribution in [0.3, 0.4) is 0 Å². The van der Waals surface area contributed by atoms with Crippen molar-refractivity contribution < 1.29 is 9.47 Å². The SMILES string of the molecule is COc1ccnc(O[C@H]2CCNC[C@H]2C)n1. The molecule has 0 aromatic carbocycles. The van der Waals surface area contributed by atoms with E-state index in [4.69, 9.17) is 9.47 Å². The van der Waals surface area contributed by atoms with Gasteiger partial charge in [-0.2, -0.15) is 4.98 Å². The topological polar surface area (TPSA) is 56.3 Å². The Labute approximate surface area is 95.2 Å². The van der Waals surface area contributed by atoms with Crippen molar-refractivity contribution in [3.05, 3.63) is 12.3 Å². The molecule has 1 N–H and O–H groups in total. The minimum Gasteiger partial charge on any atom is -0.481 e. The van der Waals surface area contributed by atoms with Crippen molar-refractivity contribution in [3.63, 3.8) is 0 Å². The van der Waals surface area contributed by atoms with E-state index in [1.54, 1.807) is 19.4 Å². The molecule has 1 saturated heterocycles. The normalized spacial score (nSPS) is 25.1. The van der Waals surface area contributed by atoms with E-state index >= 15 is 0 Å². The van der Waals surface area contributed by atoms with Crippen LogP contribution < -0.4 is 14.8 Å². The molecule has 2 heterocycles. The van der Waals surface area contributed by atoms with Gasteiger partial charge < -0.3 is 14.8 Å². The van der Waals surface area contributed by atoms with Crippen molar-refractivity contribution in [3.8, 4) is 11.9 Å². The highest BCUT2D eigenvalue weighted by Gasteiger charge is 2.23. The van der Waals surface area contributed by atoms with E-state index in [1.165, 1.54) is 0 Å². The second kappa shape index (κ2) is 5.12. The van der Waals surface area contributed by atoms with Gasteiger partial charge in [-0.3, -0.25) is 0 Å². The summed E-state index contributed by atoms with van der Waals surface area (Å²) in [5, 5.41) is 3.33. The molecule has 5 heteroatoms. The summed E-state index contributed by atoms with van der Waals surface area (Å²) < 4.78 is 10.8. The lowest BCUT2D eigenvalue weighted by atomic mass is 9.98. The highest BCUT2D eigenvalue weighted by Crippen LogP contribution is 2.18. The standard InChI is InChI=1S/C11H17N3O2/c1-8-7-12-5-3-9(8)16-11-13-6-4-10(14-11)15-2/h4,6,8-9,12H,3,5,7H2,1-2H3/t8-,9+/m1/s1. The van der Waals surface area contributed by atoms with Gasteiger partial charge in [-0.05, 0) is 13.0 Å². The van der Waals surface area contributed by atoms with Crippen LogP contribution in [0.5, 0.6) is 11.9 Å². The van der Waals surface area contributed by atoms with Crippen LogP contribution in [-0.4, -0.2) is 36.3 Å². The molecular weight excluding hydrogens is 206 g/mol. The predicted octanol–water partition coefficient (Wildman–Crippen LogP) is 0.862. The number of piperidine rings is 1. The zero-order valence-electron chi connectivity index (χ0n) is 9.64. The third-order valence-corrected chi connectivity index (χ3v) is 2.78. The summed E-state index contributed by atoms with van der Waals surface area (Å²) in [5.74, 6) is 1.01. The highest BCUT2D eigenvalue weighted by atomic mass is 16.5. The summed E-state index contributed by atoms with van der Waals surface area (Å²) in [7, 11) is 1.58. The summed E-state index contributed by atoms with van der Waals surface area (Å²) in [5.41, 5.74) is 0. The van der Waals surface area contributed by atoms with Gasteiger partial charge in [0.05, 0.1) is 7.11 Å². The van der Waals surface area contributed by atoms with Gasteiger partial charge in [0.25, 0.3) is 0 Å². The van der Waals surface area contributed by atoms with Gasteiger partial charge in [0, 0.05) is 24.7 Å². The Morgan fingerprint density at radius 3 is 3.12 bits per heavy atom. The number of methoxy groups -OCH3 is 1. The number of hydrogen-bond donors (Lipinski definition) is 1. The molecule has 2 rings (SSSR count). The molecule has 16 heavy (non-hydrogen) atoms. The molecule has 1 aromatic rings. The second-order valence-electron chi connectivity index (χ2n) is 4.01. The molecule has 5 nitrogen and oxygen atoms in total. The first-order valence-electron chi connectivity index (χ1n) is 5.54. The van der Waals surface area contributed by atoms with Crippen LogP contribution in [0.25, 0.3) is 0 Å². The Morgan fingerprint density at radius 1 is 1.50 bits per heavy atom. The summed E-state index contributed by atoms with van der Waals surface area (Å²) >= 11 is 0. The lowest BCUT2D eigenvalue weighted by Gasteiger charge is -2.28. The monoisotopic (exact) mass is 223 g/mol. The van der Waals surface area contributed by atoms with Crippen LogP contribution in [0, 0.1) is 5.92 Å². The first-order valence-corrected chi connectivity index (χ1v) is 5.54. The van der Waals surface area contributed by atoms with Crippen LogP contribution in [0.2, 0.25) is 0 Å². The third kappa shape index (κ3) is 2.61. The number of aromatic nitrogens is 2. The van der Waals surface area contributed by atoms with Crippen LogP contribution >= 0.6 is 0 Å². The summed E-state index contributed by atoms with van der Waals surface area (Å²) in [6.07, 6.45) is 2.82. The van der Waals surface area contributed by atoms with Gasteiger partial charge in [0.2, 0.25) is 5.88 Å². The van der Waals surface area contributed by atoms with Gasteiger partial charge in [-0.25, -0.2) is 4.98 Å². The summed E-state index contributed by atoms with van der Waals surface area (Å²) in [4.78, 5) is 8.23. The molecule has 0 saturated carbocycles. The quantitative estimate of drug-likeness (QED) is 0.823. The third-order valence-electron chi connectivity index (χ3n) is 2.78. The molecule has 1 fully saturated rings. The lowest BCUT2D eigenvalue weighted by Crippen LogP contribution is -2.41. The van der Waals surface area contributed by atoms with E-state index in [0.717, 1.165) is 19.5 Å². The Balaban J connectivity index is 2.01. The molecule has 88 valence electrons. The van der Waals surface area contributed by atoms with E-state index in [1.807, 2.05) is 0 Å². The van der Waals surface area contributed by atoms with Crippen molar-refractivity contribution in [1.29, 1.82) is 0 Å². The largest absolute Gasteiger partial charge is 0.481 e. The summed E-state index contributed by atoms with van der Waals surface area (Å²) in [6, 6.07) is 2.11. The second-order valence-corrected chi connectivity index (χ2v) is 4.01.